The summed E-state index contributed by atoms with van der Waals surface area (Å²) in [6.07, 6.45) is -8.95. The Labute approximate surface area is 235 Å². The monoisotopic (exact) mass is 584 g/mol. The summed E-state index contributed by atoms with van der Waals surface area (Å²) in [6.45, 7) is -0.629. The van der Waals surface area contributed by atoms with Crippen molar-refractivity contribution in [2.45, 2.75) is 30.7 Å². The van der Waals surface area contributed by atoms with E-state index in [9.17, 15) is 50.4 Å². The second-order valence-electron chi connectivity index (χ2n) is 9.41. The standard InChI is InChI=1S/C28H24O14/c29-13-4-1-11(2-5-13)27(38)39-10-19-21(34)23(36)24(37)28(41-19)42-26-22(35)20-17(33)8-14(30)9-18(20)40-25(26)12-3-6-15(31)16(32)7-12/h1-9,19,21,23-24,28-34,36-37H,10H2/t19-,21+,23-,24+,28+/m1/s1. The van der Waals surface area contributed by atoms with Gasteiger partial charge in [-0.05, 0) is 42.5 Å². The number of carbonyl (C=O) groups excluding carboxylic acids is 1. The minimum atomic E-state index is -1.95. The molecule has 1 fully saturated rings. The summed E-state index contributed by atoms with van der Waals surface area (Å²) in [4.78, 5) is 25.9. The molecular formula is C28H24O14. The molecule has 1 aliphatic rings. The van der Waals surface area contributed by atoms with Gasteiger partial charge in [0, 0.05) is 17.7 Å². The van der Waals surface area contributed by atoms with E-state index in [-0.39, 0.29) is 28.2 Å². The van der Waals surface area contributed by atoms with Gasteiger partial charge in [-0.3, -0.25) is 4.79 Å². The molecule has 1 saturated heterocycles. The normalized spacial score (nSPS) is 22.1. The summed E-state index contributed by atoms with van der Waals surface area (Å²) in [7, 11) is 0. The fourth-order valence-electron chi connectivity index (χ4n) is 4.34. The molecule has 4 aromatic rings. The van der Waals surface area contributed by atoms with Gasteiger partial charge in [-0.1, -0.05) is 0 Å². The maximum Gasteiger partial charge on any atom is 0.338 e. The van der Waals surface area contributed by atoms with Gasteiger partial charge in [-0.25, -0.2) is 4.79 Å². The Balaban J connectivity index is 1.49. The van der Waals surface area contributed by atoms with E-state index in [1.165, 1.54) is 30.3 Å². The largest absolute Gasteiger partial charge is 0.508 e. The zero-order chi connectivity index (χ0) is 30.3. The number of fused-ring (bicyclic) bond motifs is 1. The Morgan fingerprint density at radius 1 is 0.786 bits per heavy atom. The number of hydrogen-bond donors (Lipinski definition) is 8. The van der Waals surface area contributed by atoms with Crippen LogP contribution in [0, 0.1) is 0 Å². The van der Waals surface area contributed by atoms with Crippen LogP contribution in [0.2, 0.25) is 0 Å². The van der Waals surface area contributed by atoms with Crippen molar-refractivity contribution in [1.82, 2.24) is 0 Å². The van der Waals surface area contributed by atoms with E-state index >= 15 is 0 Å². The molecule has 0 bridgehead atoms. The zero-order valence-electron chi connectivity index (χ0n) is 21.3. The fraction of sp³-hybridized carbons (Fsp3) is 0.214. The van der Waals surface area contributed by atoms with Gasteiger partial charge in [0.1, 0.15) is 59.2 Å². The van der Waals surface area contributed by atoms with Gasteiger partial charge in [0.15, 0.2) is 17.3 Å². The molecule has 220 valence electrons. The van der Waals surface area contributed by atoms with Crippen LogP contribution in [0.4, 0.5) is 0 Å². The molecule has 5 atom stereocenters. The number of rotatable bonds is 6. The minimum Gasteiger partial charge on any atom is -0.508 e. The molecule has 1 aromatic heterocycles. The predicted molar refractivity (Wildman–Crippen MR) is 140 cm³/mol. The first-order valence-corrected chi connectivity index (χ1v) is 12.3. The summed E-state index contributed by atoms with van der Waals surface area (Å²) >= 11 is 0. The number of ether oxygens (including phenoxy) is 3. The first kappa shape index (κ1) is 28.5. The van der Waals surface area contributed by atoms with Crippen molar-refractivity contribution in [3.8, 4) is 45.8 Å². The molecule has 0 radical (unpaired) electrons. The van der Waals surface area contributed by atoms with Gasteiger partial charge in [-0.2, -0.15) is 0 Å². The molecule has 0 amide bonds. The van der Waals surface area contributed by atoms with E-state index in [0.717, 1.165) is 24.3 Å². The van der Waals surface area contributed by atoms with Crippen molar-refractivity contribution in [3.05, 3.63) is 70.4 Å². The number of phenolic OH excluding ortho intramolecular Hbond substituents is 5. The van der Waals surface area contributed by atoms with Crippen molar-refractivity contribution in [2.24, 2.45) is 0 Å². The minimum absolute atomic E-state index is 0.0209. The number of benzene rings is 3. The van der Waals surface area contributed by atoms with Crippen LogP contribution >= 0.6 is 0 Å². The summed E-state index contributed by atoms with van der Waals surface area (Å²) in [6, 6.07) is 10.4. The summed E-state index contributed by atoms with van der Waals surface area (Å²) < 4.78 is 22.1. The SMILES string of the molecule is O=C(OC[C@H]1O[C@@H](Oc2c(-c3ccc(O)c(O)c3)oc3cc(O)cc(O)c3c2=O)[C@@H](O)[C@H](O)[C@H]1O)c1ccc(O)cc1. The Bertz CT molecular complexity index is 1700. The topological polar surface area (TPSA) is 237 Å². The lowest BCUT2D eigenvalue weighted by molar-refractivity contribution is -0.277. The van der Waals surface area contributed by atoms with Crippen LogP contribution in [0.1, 0.15) is 10.4 Å². The third kappa shape index (κ3) is 5.34. The van der Waals surface area contributed by atoms with Crippen LogP contribution in [-0.4, -0.2) is 84.1 Å². The highest BCUT2D eigenvalue weighted by atomic mass is 16.7. The number of esters is 1. The molecule has 42 heavy (non-hydrogen) atoms. The average molecular weight is 584 g/mol. The van der Waals surface area contributed by atoms with Gasteiger partial charge < -0.3 is 59.5 Å². The third-order valence-corrected chi connectivity index (χ3v) is 6.54. The molecule has 2 heterocycles. The summed E-state index contributed by atoms with van der Waals surface area (Å²) in [5.41, 5.74) is -1.25. The number of aliphatic hydroxyl groups is 3. The maximum absolute atomic E-state index is 13.5. The molecule has 5 rings (SSSR count). The van der Waals surface area contributed by atoms with E-state index in [4.69, 9.17) is 18.6 Å². The summed E-state index contributed by atoms with van der Waals surface area (Å²) in [5, 5.41) is 80.5. The Morgan fingerprint density at radius 2 is 1.50 bits per heavy atom. The van der Waals surface area contributed by atoms with E-state index in [2.05, 4.69) is 0 Å². The smallest absolute Gasteiger partial charge is 0.338 e. The average Bonchev–Trinajstić information content (AvgIpc) is 2.95. The van der Waals surface area contributed by atoms with E-state index in [0.29, 0.717) is 0 Å². The van der Waals surface area contributed by atoms with Gasteiger partial charge >= 0.3 is 5.97 Å². The van der Waals surface area contributed by atoms with Gasteiger partial charge in [0.25, 0.3) is 0 Å². The second-order valence-corrected chi connectivity index (χ2v) is 9.41. The van der Waals surface area contributed by atoms with Crippen LogP contribution < -0.4 is 10.2 Å². The van der Waals surface area contributed by atoms with Crippen LogP contribution in [0.5, 0.6) is 34.5 Å². The molecule has 0 spiro atoms. The molecule has 14 nitrogen and oxygen atoms in total. The Hall–Kier alpha value is -5.02. The molecule has 1 aliphatic heterocycles. The number of aliphatic hydroxyl groups excluding tert-OH is 3. The zero-order valence-corrected chi connectivity index (χ0v) is 21.3. The molecule has 8 N–H and O–H groups in total. The van der Waals surface area contributed by atoms with Crippen LogP contribution in [0.15, 0.2) is 63.8 Å². The molecule has 14 heteroatoms. The lowest BCUT2D eigenvalue weighted by Crippen LogP contribution is -2.60. The first-order valence-electron chi connectivity index (χ1n) is 12.3. The molecule has 0 unspecified atom stereocenters. The van der Waals surface area contributed by atoms with Crippen LogP contribution in [0.3, 0.4) is 0 Å². The van der Waals surface area contributed by atoms with Gasteiger partial charge in [0.2, 0.25) is 17.5 Å². The molecular weight excluding hydrogens is 560 g/mol. The molecule has 0 aliphatic carbocycles. The van der Waals surface area contributed by atoms with Crippen molar-refractivity contribution in [1.29, 1.82) is 0 Å². The number of phenols is 5. The quantitative estimate of drug-likeness (QED) is 0.117. The van der Waals surface area contributed by atoms with Crippen molar-refractivity contribution < 1.29 is 64.3 Å². The highest BCUT2D eigenvalue weighted by molar-refractivity contribution is 5.89. The number of hydrogen-bond acceptors (Lipinski definition) is 14. The van der Waals surface area contributed by atoms with E-state index < -0.39 is 82.8 Å². The van der Waals surface area contributed by atoms with Gasteiger partial charge in [-0.15, -0.1) is 0 Å². The highest BCUT2D eigenvalue weighted by Crippen LogP contribution is 2.39. The molecule has 0 saturated carbocycles. The first-order chi connectivity index (χ1) is 19.9. The van der Waals surface area contributed by atoms with Crippen LogP contribution in [-0.2, 0) is 9.47 Å². The van der Waals surface area contributed by atoms with Crippen molar-refractivity contribution >= 4 is 16.9 Å². The van der Waals surface area contributed by atoms with E-state index in [1.54, 1.807) is 0 Å². The number of aromatic hydroxyl groups is 5. The van der Waals surface area contributed by atoms with Crippen molar-refractivity contribution in [2.75, 3.05) is 6.61 Å². The lowest BCUT2D eigenvalue weighted by Gasteiger charge is -2.39. The third-order valence-electron chi connectivity index (χ3n) is 6.54. The molecule has 3 aromatic carbocycles. The lowest BCUT2D eigenvalue weighted by atomic mass is 9.99. The van der Waals surface area contributed by atoms with Crippen molar-refractivity contribution in [3.63, 3.8) is 0 Å². The fourth-order valence-corrected chi connectivity index (χ4v) is 4.34. The van der Waals surface area contributed by atoms with Gasteiger partial charge in [0.05, 0.1) is 5.56 Å². The number of carbonyl (C=O) groups is 1. The summed E-state index contributed by atoms with van der Waals surface area (Å²) in [5.74, 6) is -4.21. The highest BCUT2D eigenvalue weighted by Gasteiger charge is 2.46. The Kier molecular flexibility index (Phi) is 7.53. The predicted octanol–water partition coefficient (Wildman–Crippen LogP) is 1.03. The van der Waals surface area contributed by atoms with Crippen LogP contribution in [0.25, 0.3) is 22.3 Å². The second kappa shape index (κ2) is 11.1. The maximum atomic E-state index is 13.5. The Morgan fingerprint density at radius 3 is 2.19 bits per heavy atom. The van der Waals surface area contributed by atoms with E-state index in [1.807, 2.05) is 0 Å².